The van der Waals surface area contributed by atoms with E-state index in [2.05, 4.69) is 12.2 Å². The lowest BCUT2D eigenvalue weighted by molar-refractivity contribution is -0.130. The lowest BCUT2D eigenvalue weighted by Gasteiger charge is -2.24. The Labute approximate surface area is 131 Å². The minimum Gasteiger partial charge on any atom is -0.385 e. The summed E-state index contributed by atoms with van der Waals surface area (Å²) >= 11 is 5.95. The first-order chi connectivity index (χ1) is 10.2. The highest BCUT2D eigenvalue weighted by Gasteiger charge is 2.38. The van der Waals surface area contributed by atoms with Gasteiger partial charge in [-0.05, 0) is 30.5 Å². The Morgan fingerprint density at radius 1 is 1.33 bits per heavy atom. The molecule has 0 radical (unpaired) electrons. The molecular weight excluding hydrogens is 288 g/mol. The van der Waals surface area contributed by atoms with Crippen LogP contribution in [0.5, 0.6) is 0 Å². The summed E-state index contributed by atoms with van der Waals surface area (Å²) in [6.07, 6.45) is 2.63. The Morgan fingerprint density at radius 3 is 2.67 bits per heavy atom. The molecule has 1 saturated heterocycles. The van der Waals surface area contributed by atoms with Gasteiger partial charge >= 0.3 is 0 Å². The average Bonchev–Trinajstić information content (AvgIpc) is 2.78. The average molecular weight is 311 g/mol. The molecule has 0 aliphatic carbocycles. The Balaban J connectivity index is 2.14. The Kier molecular flexibility index (Phi) is 6.03. The standard InChI is InChI=1S/C16H23ClN2O2/c1-3-5-14-16(20)19(10-4-11-21-2)15(18-14)12-6-8-13(17)9-7-12/h6-9,14-15,18H,3-5,10-11H2,1-2H3. The van der Waals surface area contributed by atoms with Gasteiger partial charge in [-0.2, -0.15) is 0 Å². The third-order valence-electron chi connectivity index (χ3n) is 3.76. The Morgan fingerprint density at radius 2 is 2.05 bits per heavy atom. The van der Waals surface area contributed by atoms with E-state index in [9.17, 15) is 4.79 Å². The molecule has 1 aromatic rings. The number of benzene rings is 1. The van der Waals surface area contributed by atoms with Crippen LogP contribution >= 0.6 is 11.6 Å². The predicted molar refractivity (Wildman–Crippen MR) is 84.2 cm³/mol. The second-order valence-electron chi connectivity index (χ2n) is 5.34. The van der Waals surface area contributed by atoms with Crippen molar-refractivity contribution in [1.82, 2.24) is 10.2 Å². The van der Waals surface area contributed by atoms with Gasteiger partial charge in [0.2, 0.25) is 5.91 Å². The zero-order chi connectivity index (χ0) is 15.2. The van der Waals surface area contributed by atoms with Crippen molar-refractivity contribution in [2.24, 2.45) is 0 Å². The van der Waals surface area contributed by atoms with E-state index in [4.69, 9.17) is 16.3 Å². The lowest BCUT2D eigenvalue weighted by Crippen LogP contribution is -2.32. The smallest absolute Gasteiger partial charge is 0.241 e. The summed E-state index contributed by atoms with van der Waals surface area (Å²) in [6, 6.07) is 7.60. The molecule has 4 nitrogen and oxygen atoms in total. The van der Waals surface area contributed by atoms with Crippen molar-refractivity contribution in [2.45, 2.75) is 38.4 Å². The molecule has 0 aromatic heterocycles. The molecule has 2 unspecified atom stereocenters. The quantitative estimate of drug-likeness (QED) is 0.787. The highest BCUT2D eigenvalue weighted by atomic mass is 35.5. The van der Waals surface area contributed by atoms with Crippen LogP contribution in [0.15, 0.2) is 24.3 Å². The molecule has 0 spiro atoms. The van der Waals surface area contributed by atoms with Crippen LogP contribution in [0.3, 0.4) is 0 Å². The molecule has 1 N–H and O–H groups in total. The van der Waals surface area contributed by atoms with Gasteiger partial charge in [0.25, 0.3) is 0 Å². The summed E-state index contributed by atoms with van der Waals surface area (Å²) in [5.41, 5.74) is 1.07. The number of nitrogens with zero attached hydrogens (tertiary/aromatic N) is 1. The zero-order valence-electron chi connectivity index (χ0n) is 12.6. The molecule has 0 bridgehead atoms. The molecule has 1 aliphatic heterocycles. The van der Waals surface area contributed by atoms with Gasteiger partial charge in [-0.1, -0.05) is 37.1 Å². The van der Waals surface area contributed by atoms with Crippen LogP contribution in [0, 0.1) is 0 Å². The second kappa shape index (κ2) is 7.78. The predicted octanol–water partition coefficient (Wildman–Crippen LogP) is 2.98. The van der Waals surface area contributed by atoms with Gasteiger partial charge in [-0.25, -0.2) is 0 Å². The van der Waals surface area contributed by atoms with Crippen LogP contribution in [-0.2, 0) is 9.53 Å². The van der Waals surface area contributed by atoms with E-state index in [0.29, 0.717) is 18.2 Å². The van der Waals surface area contributed by atoms with Crippen LogP contribution in [0.25, 0.3) is 0 Å². The largest absolute Gasteiger partial charge is 0.385 e. The first kappa shape index (κ1) is 16.3. The van der Waals surface area contributed by atoms with Gasteiger partial charge in [0.05, 0.1) is 6.04 Å². The fourth-order valence-electron chi connectivity index (χ4n) is 2.71. The van der Waals surface area contributed by atoms with Gasteiger partial charge in [0.1, 0.15) is 6.17 Å². The molecule has 21 heavy (non-hydrogen) atoms. The van der Waals surface area contributed by atoms with Gasteiger partial charge < -0.3 is 9.64 Å². The third kappa shape index (κ3) is 3.96. The van der Waals surface area contributed by atoms with Gasteiger partial charge in [0, 0.05) is 25.3 Å². The van der Waals surface area contributed by atoms with Crippen LogP contribution in [0.4, 0.5) is 0 Å². The number of ether oxygens (including phenoxy) is 1. The highest BCUT2D eigenvalue weighted by Crippen LogP contribution is 2.28. The number of hydrogen-bond donors (Lipinski definition) is 1. The van der Waals surface area contributed by atoms with Crippen molar-refractivity contribution in [2.75, 3.05) is 20.3 Å². The summed E-state index contributed by atoms with van der Waals surface area (Å²) in [5.74, 6) is 0.188. The van der Waals surface area contributed by atoms with Crippen LogP contribution in [-0.4, -0.2) is 37.1 Å². The normalized spacial score (nSPS) is 22.0. The van der Waals surface area contributed by atoms with Gasteiger partial charge in [-0.15, -0.1) is 0 Å². The number of rotatable bonds is 7. The summed E-state index contributed by atoms with van der Waals surface area (Å²) in [7, 11) is 1.68. The number of hydrogen-bond acceptors (Lipinski definition) is 3. The maximum absolute atomic E-state index is 12.5. The maximum atomic E-state index is 12.5. The second-order valence-corrected chi connectivity index (χ2v) is 5.78. The number of amides is 1. The van der Waals surface area contributed by atoms with Crippen molar-refractivity contribution < 1.29 is 9.53 Å². The number of nitrogens with one attached hydrogen (secondary N) is 1. The van der Waals surface area contributed by atoms with E-state index in [1.54, 1.807) is 7.11 Å². The fourth-order valence-corrected chi connectivity index (χ4v) is 2.84. The van der Waals surface area contributed by atoms with E-state index < -0.39 is 0 Å². The minimum absolute atomic E-state index is 0.0665. The molecule has 1 fully saturated rings. The molecule has 1 aromatic carbocycles. The Bertz CT molecular complexity index is 464. The summed E-state index contributed by atoms with van der Waals surface area (Å²) in [6.45, 7) is 3.46. The number of methoxy groups -OCH3 is 1. The number of halogens is 1. The maximum Gasteiger partial charge on any atom is 0.241 e. The number of carbonyl (C=O) groups excluding carboxylic acids is 1. The molecule has 5 heteroatoms. The van der Waals surface area contributed by atoms with Crippen LogP contribution in [0.2, 0.25) is 5.02 Å². The molecule has 0 saturated carbocycles. The van der Waals surface area contributed by atoms with Crippen molar-refractivity contribution in [1.29, 1.82) is 0 Å². The molecule has 1 amide bonds. The summed E-state index contributed by atoms with van der Waals surface area (Å²) in [5, 5.41) is 4.15. The summed E-state index contributed by atoms with van der Waals surface area (Å²) in [4.78, 5) is 14.5. The van der Waals surface area contributed by atoms with Crippen molar-refractivity contribution in [3.63, 3.8) is 0 Å². The lowest BCUT2D eigenvalue weighted by atomic mass is 10.1. The van der Waals surface area contributed by atoms with E-state index in [1.165, 1.54) is 0 Å². The monoisotopic (exact) mass is 310 g/mol. The van der Waals surface area contributed by atoms with Crippen LogP contribution < -0.4 is 5.32 Å². The van der Waals surface area contributed by atoms with E-state index >= 15 is 0 Å². The Hall–Kier alpha value is -1.10. The summed E-state index contributed by atoms with van der Waals surface area (Å²) < 4.78 is 5.09. The molecule has 2 rings (SSSR count). The molecular formula is C16H23ClN2O2. The highest BCUT2D eigenvalue weighted by molar-refractivity contribution is 6.30. The molecule has 2 atom stereocenters. The van der Waals surface area contributed by atoms with E-state index in [-0.39, 0.29) is 18.1 Å². The number of carbonyl (C=O) groups is 1. The minimum atomic E-state index is -0.0850. The first-order valence-corrected chi connectivity index (χ1v) is 7.86. The van der Waals surface area contributed by atoms with Crippen LogP contribution in [0.1, 0.15) is 37.9 Å². The zero-order valence-corrected chi connectivity index (χ0v) is 13.4. The van der Waals surface area contributed by atoms with Crippen molar-refractivity contribution in [3.05, 3.63) is 34.9 Å². The third-order valence-corrected chi connectivity index (χ3v) is 4.01. The van der Waals surface area contributed by atoms with Gasteiger partial charge in [0.15, 0.2) is 0 Å². The molecule has 1 aliphatic rings. The molecule has 116 valence electrons. The fraction of sp³-hybridized carbons (Fsp3) is 0.562. The van der Waals surface area contributed by atoms with E-state index in [1.807, 2.05) is 29.2 Å². The van der Waals surface area contributed by atoms with E-state index in [0.717, 1.165) is 24.8 Å². The van der Waals surface area contributed by atoms with Gasteiger partial charge in [-0.3, -0.25) is 10.1 Å². The topological polar surface area (TPSA) is 41.6 Å². The first-order valence-electron chi connectivity index (χ1n) is 7.48. The SMILES string of the molecule is CCCC1NC(c2ccc(Cl)cc2)N(CCCOC)C1=O. The van der Waals surface area contributed by atoms with Crippen molar-refractivity contribution >= 4 is 17.5 Å². The molecule has 1 heterocycles. The van der Waals surface area contributed by atoms with Crippen molar-refractivity contribution in [3.8, 4) is 0 Å².